The maximum absolute atomic E-state index is 13.3. The Labute approximate surface area is 496 Å². The van der Waals surface area contributed by atoms with Gasteiger partial charge in [0.25, 0.3) is 11.8 Å². The number of hydrogen-bond acceptors (Lipinski definition) is 25. The number of thiazole rings is 2. The van der Waals surface area contributed by atoms with E-state index in [1.54, 1.807) is 72.8 Å². The quantitative estimate of drug-likeness (QED) is 0.00663. The highest BCUT2D eigenvalue weighted by atomic mass is 32.2. The van der Waals surface area contributed by atoms with E-state index in [1.807, 2.05) is 44.7 Å². The number of nitrogens with one attached hydrogen (secondary N) is 4. The summed E-state index contributed by atoms with van der Waals surface area (Å²) in [6, 6.07) is 23.9. The van der Waals surface area contributed by atoms with E-state index in [-0.39, 0.29) is 67.2 Å². The average Bonchev–Trinajstić information content (AvgIpc) is 4.29. The lowest BCUT2D eigenvalue weighted by molar-refractivity contribution is -0.120. The van der Waals surface area contributed by atoms with Gasteiger partial charge in [0.15, 0.2) is 16.7 Å². The normalized spacial score (nSPS) is 11.9. The van der Waals surface area contributed by atoms with Gasteiger partial charge in [0.2, 0.25) is 27.2 Å². The fourth-order valence-corrected chi connectivity index (χ4v) is 10.9. The number of hydrogen-bond donors (Lipinski definition) is 6. The lowest BCUT2D eigenvalue weighted by atomic mass is 10.1. The molecule has 438 valence electrons. The lowest BCUT2D eigenvalue weighted by Gasteiger charge is -2.25. The predicted molar refractivity (Wildman–Crippen MR) is 327 cm³/mol. The molecule has 0 saturated carbocycles. The van der Waals surface area contributed by atoms with E-state index in [1.165, 1.54) is 33.4 Å². The Morgan fingerprint density at radius 3 is 1.57 bits per heavy atom. The molecule has 0 saturated heterocycles. The summed E-state index contributed by atoms with van der Waals surface area (Å²) in [5, 5.41) is 38.8. The Morgan fingerprint density at radius 2 is 1.13 bits per heavy atom. The number of ether oxygens (including phenoxy) is 2. The largest absolute Gasteiger partial charge is 0.494 e. The first-order valence-electron chi connectivity index (χ1n) is 25.8. The van der Waals surface area contributed by atoms with E-state index in [0.717, 1.165) is 36.1 Å². The van der Waals surface area contributed by atoms with Crippen molar-refractivity contribution in [3.05, 3.63) is 112 Å². The van der Waals surface area contributed by atoms with Gasteiger partial charge in [-0.25, -0.2) is 9.97 Å². The molecule has 0 atom stereocenters. The number of nitrogens with zero attached hydrogens (tertiary/aromatic N) is 11. The molecule has 4 aromatic carbocycles. The SMILES string of the molecule is CCN(CC)c1cc(Nc2nc(Nc3cc(N(CC)CC)c(OC)cc3N=Nc3nc(S(=O)(=O)O)c(C=C(C(C)=O)C(=O)Nc4ccccc4)s3)nc(SCCO)n2)c(N=Nc2ncc(C=C(C(C)=O)C(=O)Nc3ccccc3)s2)cc1OC. The van der Waals surface area contributed by atoms with E-state index >= 15 is 0 Å². The van der Waals surface area contributed by atoms with Gasteiger partial charge in [-0.05, 0) is 90.1 Å². The van der Waals surface area contributed by atoms with Gasteiger partial charge in [0.1, 0.15) is 22.9 Å². The minimum Gasteiger partial charge on any atom is -0.494 e. The highest BCUT2D eigenvalue weighted by molar-refractivity contribution is 7.99. The number of amides is 2. The maximum Gasteiger partial charge on any atom is 0.313 e. The first kappa shape index (κ1) is 62.7. The molecule has 0 spiro atoms. The van der Waals surface area contributed by atoms with Crippen molar-refractivity contribution >= 4 is 148 Å². The molecule has 2 amide bonds. The number of aliphatic hydroxyl groups is 1. The Kier molecular flexibility index (Phi) is 22.0. The maximum atomic E-state index is 13.3. The minimum absolute atomic E-state index is 0.00710. The van der Waals surface area contributed by atoms with Crippen LogP contribution in [0.2, 0.25) is 0 Å². The fourth-order valence-electron chi connectivity index (χ4n) is 7.92. The number of methoxy groups -OCH3 is 2. The summed E-state index contributed by atoms with van der Waals surface area (Å²) in [4.78, 5) is 78.8. The number of anilines is 8. The van der Waals surface area contributed by atoms with Crippen LogP contribution in [0.15, 0.2) is 133 Å². The monoisotopic (exact) mass is 1220 g/mol. The first-order chi connectivity index (χ1) is 40.4. The van der Waals surface area contributed by atoms with Crippen LogP contribution in [0.3, 0.4) is 0 Å². The van der Waals surface area contributed by atoms with Crippen LogP contribution in [0.25, 0.3) is 12.2 Å². The molecule has 0 bridgehead atoms. The molecule has 25 nitrogen and oxygen atoms in total. The van der Waals surface area contributed by atoms with Crippen LogP contribution in [0.1, 0.15) is 51.3 Å². The Morgan fingerprint density at radius 1 is 0.655 bits per heavy atom. The highest BCUT2D eigenvalue weighted by Gasteiger charge is 2.26. The molecule has 7 aromatic rings. The number of azo groups is 2. The van der Waals surface area contributed by atoms with E-state index in [0.29, 0.717) is 82.3 Å². The Balaban J connectivity index is 1.28. The number of carbonyl (C=O) groups is 4. The predicted octanol–water partition coefficient (Wildman–Crippen LogP) is 11.4. The molecule has 3 aromatic heterocycles. The summed E-state index contributed by atoms with van der Waals surface area (Å²) in [6.45, 7) is 12.5. The summed E-state index contributed by atoms with van der Waals surface area (Å²) < 4.78 is 47.4. The number of benzene rings is 4. The van der Waals surface area contributed by atoms with Crippen LogP contribution in [0.4, 0.5) is 67.7 Å². The smallest absolute Gasteiger partial charge is 0.313 e. The molecule has 6 N–H and O–H groups in total. The molecule has 7 rings (SSSR count). The van der Waals surface area contributed by atoms with Crippen molar-refractivity contribution in [2.75, 3.05) is 83.8 Å². The Bertz CT molecular complexity index is 3760. The van der Waals surface area contributed by atoms with Gasteiger partial charge in [-0.15, -0.1) is 20.5 Å². The minimum atomic E-state index is -5.04. The molecule has 0 aliphatic heterocycles. The molecular weight excluding hydrogens is 1160 g/mol. The van der Waals surface area contributed by atoms with Gasteiger partial charge in [0, 0.05) is 61.6 Å². The number of aromatic nitrogens is 5. The number of rotatable bonds is 28. The highest BCUT2D eigenvalue weighted by Crippen LogP contribution is 2.43. The fraction of sp³-hybridized carbons (Fsp3) is 0.255. The van der Waals surface area contributed by atoms with Crippen LogP contribution in [-0.2, 0) is 29.3 Å². The van der Waals surface area contributed by atoms with Crippen LogP contribution in [0.5, 0.6) is 11.5 Å². The summed E-state index contributed by atoms with van der Waals surface area (Å²) in [7, 11) is -2.02. The first-order valence-corrected chi connectivity index (χ1v) is 29.9. The van der Waals surface area contributed by atoms with Crippen molar-refractivity contribution < 1.29 is 46.7 Å². The second-order valence-electron chi connectivity index (χ2n) is 17.5. The van der Waals surface area contributed by atoms with Crippen molar-refractivity contribution in [1.29, 1.82) is 0 Å². The molecule has 29 heteroatoms. The van der Waals surface area contributed by atoms with Crippen LogP contribution < -0.4 is 40.5 Å². The number of aliphatic hydroxyl groups excluding tert-OH is 1. The second-order valence-corrected chi connectivity index (χ2v) is 21.9. The molecule has 0 radical (unpaired) electrons. The summed E-state index contributed by atoms with van der Waals surface area (Å²) in [6.07, 6.45) is 3.92. The summed E-state index contributed by atoms with van der Waals surface area (Å²) >= 11 is 2.87. The second kappa shape index (κ2) is 29.4. The zero-order valence-corrected chi connectivity index (χ0v) is 50.0. The number of para-hydroxylation sites is 2. The van der Waals surface area contributed by atoms with Gasteiger partial charge in [-0.2, -0.15) is 23.4 Å². The van der Waals surface area contributed by atoms with Crippen molar-refractivity contribution in [1.82, 2.24) is 24.9 Å². The molecular formula is C55H59N15O10S4. The third kappa shape index (κ3) is 16.4. The van der Waals surface area contributed by atoms with E-state index in [9.17, 15) is 37.3 Å². The summed E-state index contributed by atoms with van der Waals surface area (Å²) in [5.41, 5.74) is 2.77. The standard InChI is InChI=1S/C55H59N15O10S4/c1-9-69(10-2)43-27-39(41(29-45(43)79-7)65-67-53-56-31-36(82-53)25-37(32(5)72)48(74)57-34-19-15-13-16-20-34)59-51-62-52(64-54(63-51)81-24-23-71)60-40-28-44(70(11-3)12-4)46(80-8)30-42(40)66-68-55-61-50(84(76,77)78)47(83-55)26-38(33(6)73)49(75)58-35-21-17-14-18-22-35/h13-22,25-31,71H,9-12,23-24H2,1-8H3,(H,57,74)(H,58,75)(H,76,77,78)(H2,59,60,62,63,64). The van der Waals surface area contributed by atoms with E-state index < -0.39 is 44.1 Å². The zero-order valence-electron chi connectivity index (χ0n) is 46.8. The molecule has 3 heterocycles. The van der Waals surface area contributed by atoms with Crippen molar-refractivity contribution in [3.8, 4) is 11.5 Å². The third-order valence-electron chi connectivity index (χ3n) is 12.0. The molecule has 0 aliphatic rings. The third-order valence-corrected chi connectivity index (χ3v) is 15.4. The van der Waals surface area contributed by atoms with Gasteiger partial charge in [-0.1, -0.05) is 70.8 Å². The number of thioether (sulfide) groups is 1. The van der Waals surface area contributed by atoms with Crippen LogP contribution in [0, 0.1) is 0 Å². The van der Waals surface area contributed by atoms with Crippen molar-refractivity contribution in [2.24, 2.45) is 20.5 Å². The number of ketones is 2. The van der Waals surface area contributed by atoms with Crippen LogP contribution >= 0.6 is 34.4 Å². The molecule has 0 fully saturated rings. The lowest BCUT2D eigenvalue weighted by Crippen LogP contribution is -2.22. The average molecular weight is 1220 g/mol. The Hall–Kier alpha value is -8.87. The molecule has 0 unspecified atom stereocenters. The zero-order chi connectivity index (χ0) is 60.5. The number of carbonyl (C=O) groups excluding carboxylic acids is 4. The number of Topliss-reactive ketones (excluding diaryl/α,β-unsaturated/α-hetero) is 2. The van der Waals surface area contributed by atoms with Gasteiger partial charge in [0.05, 0.1) is 64.5 Å². The van der Waals surface area contributed by atoms with Crippen LogP contribution in [-0.4, -0.2) is 119 Å². The van der Waals surface area contributed by atoms with Gasteiger partial charge in [-0.3, -0.25) is 23.7 Å². The van der Waals surface area contributed by atoms with Gasteiger partial charge >= 0.3 is 10.1 Å². The summed E-state index contributed by atoms with van der Waals surface area (Å²) in [5.74, 6) is -1.47. The van der Waals surface area contributed by atoms with Crippen molar-refractivity contribution in [2.45, 2.75) is 51.7 Å². The molecule has 84 heavy (non-hydrogen) atoms. The van der Waals surface area contributed by atoms with Gasteiger partial charge < -0.3 is 45.6 Å². The van der Waals surface area contributed by atoms with E-state index in [2.05, 4.69) is 66.6 Å². The van der Waals surface area contributed by atoms with Crippen molar-refractivity contribution in [3.63, 3.8) is 0 Å². The topological polar surface area (TPSA) is 330 Å². The van der Waals surface area contributed by atoms with E-state index in [4.69, 9.17) is 14.5 Å². The molecule has 0 aliphatic carbocycles.